The fourth-order valence-electron chi connectivity index (χ4n) is 1.37. The Morgan fingerprint density at radius 3 is 2.00 bits per heavy atom. The predicted molar refractivity (Wildman–Crippen MR) is 59.1 cm³/mol. The van der Waals surface area contributed by atoms with Crippen LogP contribution >= 0.6 is 0 Å². The highest BCUT2D eigenvalue weighted by atomic mass is 19.1. The second kappa shape index (κ2) is 4.47. The van der Waals surface area contributed by atoms with Crippen LogP contribution < -0.4 is 0 Å². The molecule has 1 atom stereocenters. The quantitative estimate of drug-likeness (QED) is 0.860. The Bertz CT molecular complexity index is 357. The third-order valence-corrected chi connectivity index (χ3v) is 3.09. The van der Waals surface area contributed by atoms with E-state index in [0.717, 1.165) is 12.1 Å². The topological polar surface area (TPSA) is 23.5 Å². The summed E-state index contributed by atoms with van der Waals surface area (Å²) in [6.45, 7) is 3.45. The Kier molecular flexibility index (Phi) is 3.65. The van der Waals surface area contributed by atoms with E-state index in [1.165, 1.54) is 6.07 Å². The maximum atomic E-state index is 13.5. The summed E-state index contributed by atoms with van der Waals surface area (Å²) in [4.78, 5) is 1.73. The van der Waals surface area contributed by atoms with Gasteiger partial charge in [0, 0.05) is 5.54 Å². The maximum absolute atomic E-state index is 13.5. The molecular formula is C12H17F2NO. The molecule has 0 saturated carbocycles. The molecule has 0 amide bonds. The van der Waals surface area contributed by atoms with E-state index in [2.05, 4.69) is 0 Å². The smallest absolute Gasteiger partial charge is 0.132 e. The first-order chi connectivity index (χ1) is 7.28. The summed E-state index contributed by atoms with van der Waals surface area (Å²) in [6.07, 6.45) is -1.22. The number of halogens is 2. The SMILES string of the molecule is CN(C)C(C)(C)C(O)c1c(F)cccc1F. The molecule has 0 radical (unpaired) electrons. The predicted octanol–water partition coefficient (Wildman–Crippen LogP) is 2.34. The molecule has 1 aromatic rings. The molecule has 1 rings (SSSR count). The summed E-state index contributed by atoms with van der Waals surface area (Å²) in [6, 6.07) is 3.57. The van der Waals surface area contributed by atoms with Crippen molar-refractivity contribution in [3.63, 3.8) is 0 Å². The van der Waals surface area contributed by atoms with Crippen LogP contribution in [0.25, 0.3) is 0 Å². The van der Waals surface area contributed by atoms with Gasteiger partial charge in [-0.05, 0) is 40.1 Å². The van der Waals surface area contributed by atoms with Gasteiger partial charge in [-0.3, -0.25) is 0 Å². The van der Waals surface area contributed by atoms with Gasteiger partial charge < -0.3 is 10.0 Å². The average molecular weight is 229 g/mol. The minimum absolute atomic E-state index is 0.277. The van der Waals surface area contributed by atoms with E-state index in [9.17, 15) is 13.9 Å². The molecule has 0 saturated heterocycles. The Morgan fingerprint density at radius 2 is 1.62 bits per heavy atom. The van der Waals surface area contributed by atoms with Gasteiger partial charge in [-0.2, -0.15) is 0 Å². The van der Waals surface area contributed by atoms with Crippen molar-refractivity contribution in [1.29, 1.82) is 0 Å². The standard InChI is InChI=1S/C12H17F2NO/c1-12(2,15(3)4)11(16)10-8(13)6-5-7-9(10)14/h5-7,11,16H,1-4H3. The summed E-state index contributed by atoms with van der Waals surface area (Å²) in [5.41, 5.74) is -1.02. The van der Waals surface area contributed by atoms with Crippen molar-refractivity contribution in [2.75, 3.05) is 14.1 Å². The second-order valence-electron chi connectivity index (χ2n) is 4.59. The van der Waals surface area contributed by atoms with Gasteiger partial charge in [0.15, 0.2) is 0 Å². The Hall–Kier alpha value is -1.00. The van der Waals surface area contributed by atoms with Crippen molar-refractivity contribution in [1.82, 2.24) is 4.90 Å². The van der Waals surface area contributed by atoms with Crippen LogP contribution in [0.2, 0.25) is 0 Å². The number of aliphatic hydroxyl groups is 1. The normalized spacial score (nSPS) is 14.2. The van der Waals surface area contributed by atoms with E-state index in [-0.39, 0.29) is 5.56 Å². The Balaban J connectivity index is 3.19. The molecule has 90 valence electrons. The van der Waals surface area contributed by atoms with E-state index < -0.39 is 23.3 Å². The van der Waals surface area contributed by atoms with Crippen molar-refractivity contribution in [3.8, 4) is 0 Å². The van der Waals surface area contributed by atoms with Crippen LogP contribution in [-0.2, 0) is 0 Å². The van der Waals surface area contributed by atoms with E-state index in [1.807, 2.05) is 0 Å². The average Bonchev–Trinajstić information content (AvgIpc) is 2.16. The van der Waals surface area contributed by atoms with Gasteiger partial charge in [0.25, 0.3) is 0 Å². The van der Waals surface area contributed by atoms with Crippen LogP contribution in [0.15, 0.2) is 18.2 Å². The lowest BCUT2D eigenvalue weighted by Gasteiger charge is -2.37. The lowest BCUT2D eigenvalue weighted by atomic mass is 9.89. The molecule has 1 N–H and O–H groups in total. The zero-order valence-electron chi connectivity index (χ0n) is 9.96. The molecule has 16 heavy (non-hydrogen) atoms. The first kappa shape index (κ1) is 13.1. The maximum Gasteiger partial charge on any atom is 0.132 e. The molecule has 2 nitrogen and oxygen atoms in total. The minimum Gasteiger partial charge on any atom is -0.386 e. The molecule has 0 bridgehead atoms. The number of aliphatic hydroxyl groups excluding tert-OH is 1. The largest absolute Gasteiger partial charge is 0.386 e. The van der Waals surface area contributed by atoms with Gasteiger partial charge >= 0.3 is 0 Å². The molecule has 0 aromatic heterocycles. The highest BCUT2D eigenvalue weighted by Crippen LogP contribution is 2.32. The molecule has 0 spiro atoms. The molecular weight excluding hydrogens is 212 g/mol. The fourth-order valence-corrected chi connectivity index (χ4v) is 1.37. The molecule has 0 fully saturated rings. The van der Waals surface area contributed by atoms with Crippen molar-refractivity contribution in [2.45, 2.75) is 25.5 Å². The van der Waals surface area contributed by atoms with E-state index in [4.69, 9.17) is 0 Å². The molecule has 0 aliphatic rings. The summed E-state index contributed by atoms with van der Waals surface area (Å²) in [5.74, 6) is -1.44. The first-order valence-corrected chi connectivity index (χ1v) is 5.08. The van der Waals surface area contributed by atoms with Crippen LogP contribution in [0.3, 0.4) is 0 Å². The molecule has 0 aliphatic carbocycles. The van der Waals surface area contributed by atoms with Gasteiger partial charge in [-0.25, -0.2) is 8.78 Å². The zero-order valence-corrected chi connectivity index (χ0v) is 9.96. The van der Waals surface area contributed by atoms with Gasteiger partial charge in [0.1, 0.15) is 17.7 Å². The van der Waals surface area contributed by atoms with Gasteiger partial charge in [0.05, 0.1) is 5.56 Å². The molecule has 0 aliphatic heterocycles. The van der Waals surface area contributed by atoms with Crippen LogP contribution in [0.4, 0.5) is 8.78 Å². The number of likely N-dealkylation sites (N-methyl/N-ethyl adjacent to an activating group) is 1. The highest BCUT2D eigenvalue weighted by molar-refractivity contribution is 5.24. The second-order valence-corrected chi connectivity index (χ2v) is 4.59. The first-order valence-electron chi connectivity index (χ1n) is 5.08. The van der Waals surface area contributed by atoms with Crippen molar-refractivity contribution in [3.05, 3.63) is 35.4 Å². The number of nitrogens with zero attached hydrogens (tertiary/aromatic N) is 1. The van der Waals surface area contributed by atoms with Crippen LogP contribution in [0, 0.1) is 11.6 Å². The molecule has 1 unspecified atom stereocenters. The minimum atomic E-state index is -1.22. The van der Waals surface area contributed by atoms with E-state index in [0.29, 0.717) is 0 Å². The number of hydrogen-bond donors (Lipinski definition) is 1. The van der Waals surface area contributed by atoms with Crippen LogP contribution in [0.5, 0.6) is 0 Å². The third kappa shape index (κ3) is 2.23. The lowest BCUT2D eigenvalue weighted by Crippen LogP contribution is -2.44. The highest BCUT2D eigenvalue weighted by Gasteiger charge is 2.34. The lowest BCUT2D eigenvalue weighted by molar-refractivity contribution is 0.0118. The van der Waals surface area contributed by atoms with Crippen LogP contribution in [0.1, 0.15) is 25.5 Å². The van der Waals surface area contributed by atoms with E-state index >= 15 is 0 Å². The number of rotatable bonds is 3. The van der Waals surface area contributed by atoms with Gasteiger partial charge in [-0.15, -0.1) is 0 Å². The zero-order chi connectivity index (χ0) is 12.5. The third-order valence-electron chi connectivity index (χ3n) is 3.09. The van der Waals surface area contributed by atoms with Gasteiger partial charge in [0.2, 0.25) is 0 Å². The summed E-state index contributed by atoms with van der Waals surface area (Å²) in [7, 11) is 3.50. The molecule has 0 heterocycles. The summed E-state index contributed by atoms with van der Waals surface area (Å²) in [5, 5.41) is 10.1. The Morgan fingerprint density at radius 1 is 1.19 bits per heavy atom. The van der Waals surface area contributed by atoms with Crippen molar-refractivity contribution < 1.29 is 13.9 Å². The van der Waals surface area contributed by atoms with Gasteiger partial charge in [-0.1, -0.05) is 6.07 Å². The summed E-state index contributed by atoms with van der Waals surface area (Å²) < 4.78 is 27.0. The van der Waals surface area contributed by atoms with Crippen molar-refractivity contribution in [2.24, 2.45) is 0 Å². The van der Waals surface area contributed by atoms with Crippen LogP contribution in [-0.4, -0.2) is 29.6 Å². The monoisotopic (exact) mass is 229 g/mol. The number of hydrogen-bond acceptors (Lipinski definition) is 2. The summed E-state index contributed by atoms with van der Waals surface area (Å²) >= 11 is 0. The molecule has 4 heteroatoms. The van der Waals surface area contributed by atoms with E-state index in [1.54, 1.807) is 32.8 Å². The Labute approximate surface area is 94.5 Å². The number of benzene rings is 1. The fraction of sp³-hybridized carbons (Fsp3) is 0.500. The molecule has 1 aromatic carbocycles. The van der Waals surface area contributed by atoms with Crippen molar-refractivity contribution >= 4 is 0 Å².